The molecule has 1 aliphatic carbocycles. The van der Waals surface area contributed by atoms with Crippen LogP contribution in [-0.2, 0) is 4.79 Å². The number of amides is 3. The van der Waals surface area contributed by atoms with Gasteiger partial charge in [-0.2, -0.15) is 0 Å². The fraction of sp³-hybridized carbons (Fsp3) is 0.846. The van der Waals surface area contributed by atoms with Crippen LogP contribution in [0.3, 0.4) is 0 Å². The van der Waals surface area contributed by atoms with Crippen LogP contribution in [0.2, 0.25) is 0 Å². The normalized spacial score (nSPS) is 20.1. The maximum atomic E-state index is 11.7. The molecule has 1 heterocycles. The van der Waals surface area contributed by atoms with E-state index in [-0.39, 0.29) is 18.5 Å². The van der Waals surface area contributed by atoms with Crippen molar-refractivity contribution in [3.8, 4) is 0 Å². The quantitative estimate of drug-likeness (QED) is 0.788. The Morgan fingerprint density at radius 3 is 2.33 bits per heavy atom. The molecule has 3 amide bonds. The van der Waals surface area contributed by atoms with E-state index in [1.807, 2.05) is 4.90 Å². The third-order valence-corrected chi connectivity index (χ3v) is 3.88. The second-order valence-corrected chi connectivity index (χ2v) is 5.30. The number of hydrogen-bond donors (Lipinski definition) is 2. The SMILES string of the molecule is O=C(NCC(=O)N1CCCC1)NCC1CCCC1. The molecule has 0 bridgehead atoms. The Kier molecular flexibility index (Phi) is 4.84. The van der Waals surface area contributed by atoms with Crippen LogP contribution in [0.4, 0.5) is 4.79 Å². The molecule has 0 atom stereocenters. The van der Waals surface area contributed by atoms with Gasteiger partial charge in [-0.25, -0.2) is 4.79 Å². The van der Waals surface area contributed by atoms with Crippen molar-refractivity contribution in [3.63, 3.8) is 0 Å². The van der Waals surface area contributed by atoms with E-state index < -0.39 is 0 Å². The van der Waals surface area contributed by atoms with Gasteiger partial charge in [-0.15, -0.1) is 0 Å². The van der Waals surface area contributed by atoms with Crippen LogP contribution in [0.15, 0.2) is 0 Å². The smallest absolute Gasteiger partial charge is 0.315 e. The van der Waals surface area contributed by atoms with E-state index in [0.717, 1.165) is 32.5 Å². The summed E-state index contributed by atoms with van der Waals surface area (Å²) in [6.07, 6.45) is 7.15. The van der Waals surface area contributed by atoms with Gasteiger partial charge >= 0.3 is 6.03 Å². The van der Waals surface area contributed by atoms with Gasteiger partial charge in [-0.05, 0) is 31.6 Å². The van der Waals surface area contributed by atoms with E-state index in [1.54, 1.807) is 0 Å². The van der Waals surface area contributed by atoms with Crippen LogP contribution >= 0.6 is 0 Å². The third kappa shape index (κ3) is 3.89. The lowest BCUT2D eigenvalue weighted by Crippen LogP contribution is -2.43. The molecule has 1 aliphatic heterocycles. The molecule has 18 heavy (non-hydrogen) atoms. The molecule has 0 aromatic carbocycles. The molecule has 0 radical (unpaired) electrons. The van der Waals surface area contributed by atoms with Crippen LogP contribution in [0.5, 0.6) is 0 Å². The Labute approximate surface area is 108 Å². The molecule has 5 nitrogen and oxygen atoms in total. The highest BCUT2D eigenvalue weighted by Gasteiger charge is 2.19. The minimum Gasteiger partial charge on any atom is -0.341 e. The summed E-state index contributed by atoms with van der Waals surface area (Å²) >= 11 is 0. The number of urea groups is 1. The molecule has 102 valence electrons. The first-order valence-corrected chi connectivity index (χ1v) is 7.05. The number of likely N-dealkylation sites (tertiary alicyclic amines) is 1. The van der Waals surface area contributed by atoms with Crippen LogP contribution < -0.4 is 10.6 Å². The maximum absolute atomic E-state index is 11.7. The predicted molar refractivity (Wildman–Crippen MR) is 69.2 cm³/mol. The first-order valence-electron chi connectivity index (χ1n) is 7.05. The summed E-state index contributed by atoms with van der Waals surface area (Å²) < 4.78 is 0. The first-order chi connectivity index (χ1) is 8.75. The number of rotatable bonds is 4. The standard InChI is InChI=1S/C13H23N3O2/c17-12(16-7-3-4-8-16)10-15-13(18)14-9-11-5-1-2-6-11/h11H,1-10H2,(H2,14,15,18). The topological polar surface area (TPSA) is 61.4 Å². The van der Waals surface area contributed by atoms with Crippen molar-refractivity contribution < 1.29 is 9.59 Å². The van der Waals surface area contributed by atoms with E-state index in [0.29, 0.717) is 5.92 Å². The van der Waals surface area contributed by atoms with E-state index in [1.165, 1.54) is 25.7 Å². The van der Waals surface area contributed by atoms with Gasteiger partial charge in [0.2, 0.25) is 5.91 Å². The zero-order chi connectivity index (χ0) is 12.8. The summed E-state index contributed by atoms with van der Waals surface area (Å²) in [7, 11) is 0. The molecule has 0 spiro atoms. The Hall–Kier alpha value is -1.26. The monoisotopic (exact) mass is 253 g/mol. The number of carbonyl (C=O) groups excluding carboxylic acids is 2. The molecule has 2 rings (SSSR count). The van der Waals surface area contributed by atoms with E-state index in [4.69, 9.17) is 0 Å². The summed E-state index contributed by atoms with van der Waals surface area (Å²) in [6.45, 7) is 2.54. The molecular weight excluding hydrogens is 230 g/mol. The highest BCUT2D eigenvalue weighted by Crippen LogP contribution is 2.23. The van der Waals surface area contributed by atoms with Crippen molar-refractivity contribution in [1.82, 2.24) is 15.5 Å². The molecular formula is C13H23N3O2. The van der Waals surface area contributed by atoms with E-state index >= 15 is 0 Å². The fourth-order valence-corrected chi connectivity index (χ4v) is 2.75. The Morgan fingerprint density at radius 1 is 1.00 bits per heavy atom. The van der Waals surface area contributed by atoms with Gasteiger partial charge in [0.1, 0.15) is 0 Å². The zero-order valence-electron chi connectivity index (χ0n) is 10.9. The molecule has 0 unspecified atom stereocenters. The second kappa shape index (κ2) is 6.61. The zero-order valence-corrected chi connectivity index (χ0v) is 10.9. The molecule has 0 aromatic heterocycles. The van der Waals surface area contributed by atoms with Gasteiger partial charge in [-0.1, -0.05) is 12.8 Å². The fourth-order valence-electron chi connectivity index (χ4n) is 2.75. The van der Waals surface area contributed by atoms with Crippen molar-refractivity contribution >= 4 is 11.9 Å². The summed E-state index contributed by atoms with van der Waals surface area (Å²) in [5.74, 6) is 0.661. The molecule has 2 aliphatic rings. The van der Waals surface area contributed by atoms with Crippen molar-refractivity contribution in [2.45, 2.75) is 38.5 Å². The molecule has 2 N–H and O–H groups in total. The van der Waals surface area contributed by atoms with Crippen LogP contribution in [0.1, 0.15) is 38.5 Å². The maximum Gasteiger partial charge on any atom is 0.315 e. The number of hydrogen-bond acceptors (Lipinski definition) is 2. The summed E-state index contributed by atoms with van der Waals surface area (Å²) in [5, 5.41) is 5.49. The van der Waals surface area contributed by atoms with Crippen LogP contribution in [0, 0.1) is 5.92 Å². The molecule has 1 saturated heterocycles. The van der Waals surface area contributed by atoms with Crippen molar-refractivity contribution in [1.29, 1.82) is 0 Å². The molecule has 1 saturated carbocycles. The summed E-state index contributed by atoms with van der Waals surface area (Å²) in [5.41, 5.74) is 0. The lowest BCUT2D eigenvalue weighted by Gasteiger charge is -2.16. The van der Waals surface area contributed by atoms with Gasteiger partial charge in [0.25, 0.3) is 0 Å². The van der Waals surface area contributed by atoms with Crippen molar-refractivity contribution in [2.75, 3.05) is 26.2 Å². The van der Waals surface area contributed by atoms with Crippen molar-refractivity contribution in [2.24, 2.45) is 5.92 Å². The highest BCUT2D eigenvalue weighted by molar-refractivity contribution is 5.84. The Morgan fingerprint density at radius 2 is 1.67 bits per heavy atom. The first kappa shape index (κ1) is 13.2. The Bertz CT molecular complexity index is 295. The van der Waals surface area contributed by atoms with E-state index in [2.05, 4.69) is 10.6 Å². The van der Waals surface area contributed by atoms with Gasteiger partial charge in [0.15, 0.2) is 0 Å². The molecule has 5 heteroatoms. The second-order valence-electron chi connectivity index (χ2n) is 5.30. The number of nitrogens with one attached hydrogen (secondary N) is 2. The number of carbonyl (C=O) groups is 2. The summed E-state index contributed by atoms with van der Waals surface area (Å²) in [4.78, 5) is 25.0. The number of nitrogens with zero attached hydrogens (tertiary/aromatic N) is 1. The Balaban J connectivity index is 1.57. The van der Waals surface area contributed by atoms with Crippen LogP contribution in [0.25, 0.3) is 0 Å². The average molecular weight is 253 g/mol. The molecule has 2 fully saturated rings. The van der Waals surface area contributed by atoms with Gasteiger partial charge in [0, 0.05) is 19.6 Å². The largest absolute Gasteiger partial charge is 0.341 e. The lowest BCUT2D eigenvalue weighted by atomic mass is 10.1. The predicted octanol–water partition coefficient (Wildman–Crippen LogP) is 1.10. The summed E-state index contributed by atoms with van der Waals surface area (Å²) in [6, 6.07) is -0.213. The van der Waals surface area contributed by atoms with Crippen LogP contribution in [-0.4, -0.2) is 43.0 Å². The third-order valence-electron chi connectivity index (χ3n) is 3.88. The van der Waals surface area contributed by atoms with E-state index in [9.17, 15) is 9.59 Å². The van der Waals surface area contributed by atoms with Gasteiger partial charge < -0.3 is 15.5 Å². The minimum atomic E-state index is -0.213. The highest BCUT2D eigenvalue weighted by atomic mass is 16.2. The lowest BCUT2D eigenvalue weighted by molar-refractivity contribution is -0.128. The minimum absolute atomic E-state index is 0.0310. The average Bonchev–Trinajstić information content (AvgIpc) is 3.05. The molecule has 0 aromatic rings. The van der Waals surface area contributed by atoms with Gasteiger partial charge in [-0.3, -0.25) is 4.79 Å². The van der Waals surface area contributed by atoms with Crippen molar-refractivity contribution in [3.05, 3.63) is 0 Å². The van der Waals surface area contributed by atoms with Gasteiger partial charge in [0.05, 0.1) is 6.54 Å².